The lowest BCUT2D eigenvalue weighted by Gasteiger charge is -2.07. The minimum Gasteiger partial charge on any atom is -0.384 e. The van der Waals surface area contributed by atoms with Crippen molar-refractivity contribution in [2.75, 3.05) is 12.3 Å². The largest absolute Gasteiger partial charge is 0.384 e. The monoisotopic (exact) mass is 193 g/mol. The Balaban J connectivity index is 2.61. The van der Waals surface area contributed by atoms with Crippen molar-refractivity contribution < 1.29 is 4.79 Å². The number of hydrogen-bond acceptors (Lipinski definition) is 3. The molecule has 1 aromatic heterocycles. The summed E-state index contributed by atoms with van der Waals surface area (Å²) in [7, 11) is 0. The molecule has 76 valence electrons. The molecule has 0 saturated heterocycles. The topological polar surface area (TPSA) is 68.0 Å². The number of anilines is 1. The first kappa shape index (κ1) is 10.5. The number of rotatable bonds is 3. The summed E-state index contributed by atoms with van der Waals surface area (Å²) in [6.45, 7) is 4.75. The Bertz CT molecular complexity index is 323. The van der Waals surface area contributed by atoms with Crippen molar-refractivity contribution >= 4 is 11.7 Å². The van der Waals surface area contributed by atoms with Gasteiger partial charge in [-0.15, -0.1) is 0 Å². The summed E-state index contributed by atoms with van der Waals surface area (Å²) in [6.07, 6.45) is 1.53. The number of hydrogen-bond donors (Lipinski definition) is 2. The lowest BCUT2D eigenvalue weighted by molar-refractivity contribution is 0.0949. The standard InChI is InChI=1S/C10H15N3O/c1-7(2)6-13-10(14)8-3-4-12-9(11)5-8/h3-5,7H,6H2,1-2H3,(H2,11,12)(H,13,14). The fourth-order valence-corrected chi connectivity index (χ4v) is 0.988. The van der Waals surface area contributed by atoms with E-state index in [0.29, 0.717) is 23.8 Å². The highest BCUT2D eigenvalue weighted by atomic mass is 16.1. The summed E-state index contributed by atoms with van der Waals surface area (Å²) in [6, 6.07) is 3.21. The van der Waals surface area contributed by atoms with Crippen molar-refractivity contribution in [3.8, 4) is 0 Å². The van der Waals surface area contributed by atoms with Crippen molar-refractivity contribution in [1.82, 2.24) is 10.3 Å². The number of nitrogen functional groups attached to an aromatic ring is 1. The van der Waals surface area contributed by atoms with E-state index >= 15 is 0 Å². The molecule has 1 heterocycles. The Labute approximate surface area is 83.5 Å². The zero-order valence-corrected chi connectivity index (χ0v) is 8.45. The van der Waals surface area contributed by atoms with Crippen LogP contribution in [0, 0.1) is 5.92 Å². The molecule has 0 spiro atoms. The number of aromatic nitrogens is 1. The van der Waals surface area contributed by atoms with Gasteiger partial charge in [-0.2, -0.15) is 0 Å². The Hall–Kier alpha value is -1.58. The van der Waals surface area contributed by atoms with Crippen LogP contribution >= 0.6 is 0 Å². The zero-order valence-electron chi connectivity index (χ0n) is 8.45. The molecule has 0 atom stereocenters. The second kappa shape index (κ2) is 4.60. The molecule has 0 fully saturated rings. The number of carbonyl (C=O) groups excluding carboxylic acids is 1. The maximum Gasteiger partial charge on any atom is 0.251 e. The molecule has 0 aliphatic heterocycles. The van der Waals surface area contributed by atoms with Gasteiger partial charge >= 0.3 is 0 Å². The van der Waals surface area contributed by atoms with Crippen LogP contribution in [0.2, 0.25) is 0 Å². The third-order valence-electron chi connectivity index (χ3n) is 1.71. The highest BCUT2D eigenvalue weighted by Gasteiger charge is 2.05. The molecule has 0 unspecified atom stereocenters. The molecule has 1 amide bonds. The van der Waals surface area contributed by atoms with Crippen LogP contribution in [0.3, 0.4) is 0 Å². The lowest BCUT2D eigenvalue weighted by Crippen LogP contribution is -2.27. The van der Waals surface area contributed by atoms with E-state index in [2.05, 4.69) is 10.3 Å². The van der Waals surface area contributed by atoms with Gasteiger partial charge in [0, 0.05) is 18.3 Å². The molecular formula is C10H15N3O. The van der Waals surface area contributed by atoms with E-state index in [1.54, 1.807) is 12.1 Å². The van der Waals surface area contributed by atoms with Crippen molar-refractivity contribution in [3.05, 3.63) is 23.9 Å². The summed E-state index contributed by atoms with van der Waals surface area (Å²) >= 11 is 0. The molecule has 1 rings (SSSR count). The van der Waals surface area contributed by atoms with Crippen molar-refractivity contribution in [3.63, 3.8) is 0 Å². The SMILES string of the molecule is CC(C)CNC(=O)c1ccnc(N)c1. The van der Waals surface area contributed by atoms with Gasteiger partial charge in [-0.25, -0.2) is 4.98 Å². The summed E-state index contributed by atoms with van der Waals surface area (Å²) in [4.78, 5) is 15.3. The van der Waals surface area contributed by atoms with Crippen molar-refractivity contribution in [2.45, 2.75) is 13.8 Å². The van der Waals surface area contributed by atoms with Crippen LogP contribution in [0.15, 0.2) is 18.3 Å². The summed E-state index contributed by atoms with van der Waals surface area (Å²) in [5, 5.41) is 2.80. The van der Waals surface area contributed by atoms with Crippen LogP contribution in [0.1, 0.15) is 24.2 Å². The molecule has 4 nitrogen and oxygen atoms in total. The van der Waals surface area contributed by atoms with Gasteiger partial charge in [-0.1, -0.05) is 13.8 Å². The first-order valence-electron chi connectivity index (χ1n) is 4.59. The minimum atomic E-state index is -0.104. The van der Waals surface area contributed by atoms with Crippen molar-refractivity contribution in [1.29, 1.82) is 0 Å². The Morgan fingerprint density at radius 3 is 2.93 bits per heavy atom. The van der Waals surface area contributed by atoms with Crippen LogP contribution in [0.5, 0.6) is 0 Å². The number of nitrogens with zero attached hydrogens (tertiary/aromatic N) is 1. The van der Waals surface area contributed by atoms with Gasteiger partial charge in [0.15, 0.2) is 0 Å². The molecule has 0 bridgehead atoms. The van der Waals surface area contributed by atoms with Crippen molar-refractivity contribution in [2.24, 2.45) is 5.92 Å². The maximum absolute atomic E-state index is 11.5. The first-order valence-corrected chi connectivity index (χ1v) is 4.59. The number of nitrogens with two attached hydrogens (primary N) is 1. The second-order valence-corrected chi connectivity index (χ2v) is 3.57. The van der Waals surface area contributed by atoms with Crippen LogP contribution in [-0.2, 0) is 0 Å². The number of nitrogens with one attached hydrogen (secondary N) is 1. The third-order valence-corrected chi connectivity index (χ3v) is 1.71. The second-order valence-electron chi connectivity index (χ2n) is 3.57. The molecule has 14 heavy (non-hydrogen) atoms. The molecule has 4 heteroatoms. The molecule has 0 saturated carbocycles. The van der Waals surface area contributed by atoms with E-state index in [1.807, 2.05) is 13.8 Å². The maximum atomic E-state index is 11.5. The van der Waals surface area contributed by atoms with Gasteiger partial charge in [-0.05, 0) is 18.1 Å². The van der Waals surface area contributed by atoms with Crippen LogP contribution in [0.25, 0.3) is 0 Å². The van der Waals surface area contributed by atoms with E-state index in [-0.39, 0.29) is 5.91 Å². The summed E-state index contributed by atoms with van der Waals surface area (Å²) in [5.74, 6) is 0.702. The van der Waals surface area contributed by atoms with E-state index in [4.69, 9.17) is 5.73 Å². The zero-order chi connectivity index (χ0) is 10.6. The summed E-state index contributed by atoms with van der Waals surface area (Å²) in [5.41, 5.74) is 6.02. The summed E-state index contributed by atoms with van der Waals surface area (Å²) < 4.78 is 0. The number of amides is 1. The normalized spacial score (nSPS) is 10.2. The molecular weight excluding hydrogens is 178 g/mol. The quantitative estimate of drug-likeness (QED) is 0.754. The third kappa shape index (κ3) is 3.05. The van der Waals surface area contributed by atoms with Crippen LogP contribution in [-0.4, -0.2) is 17.4 Å². The van der Waals surface area contributed by atoms with E-state index in [1.165, 1.54) is 6.20 Å². The molecule has 0 aliphatic rings. The molecule has 0 aromatic carbocycles. The fourth-order valence-electron chi connectivity index (χ4n) is 0.988. The lowest BCUT2D eigenvalue weighted by atomic mass is 10.2. The Morgan fingerprint density at radius 2 is 2.36 bits per heavy atom. The minimum absolute atomic E-state index is 0.104. The van der Waals surface area contributed by atoms with Gasteiger partial charge in [0.2, 0.25) is 0 Å². The van der Waals surface area contributed by atoms with Gasteiger partial charge in [0.25, 0.3) is 5.91 Å². The van der Waals surface area contributed by atoms with Gasteiger partial charge < -0.3 is 11.1 Å². The number of pyridine rings is 1. The Kier molecular flexibility index (Phi) is 3.45. The first-order chi connectivity index (χ1) is 6.59. The van der Waals surface area contributed by atoms with E-state index < -0.39 is 0 Å². The smallest absolute Gasteiger partial charge is 0.251 e. The van der Waals surface area contributed by atoms with Gasteiger partial charge in [0.05, 0.1) is 0 Å². The average molecular weight is 193 g/mol. The fraction of sp³-hybridized carbons (Fsp3) is 0.400. The highest BCUT2D eigenvalue weighted by Crippen LogP contribution is 2.02. The number of carbonyl (C=O) groups is 1. The van der Waals surface area contributed by atoms with Gasteiger partial charge in [-0.3, -0.25) is 4.79 Å². The molecule has 3 N–H and O–H groups in total. The predicted molar refractivity (Wildman–Crippen MR) is 55.8 cm³/mol. The van der Waals surface area contributed by atoms with E-state index in [9.17, 15) is 4.79 Å². The molecule has 0 aliphatic carbocycles. The average Bonchev–Trinajstić information content (AvgIpc) is 2.14. The molecule has 0 radical (unpaired) electrons. The van der Waals surface area contributed by atoms with Crippen LogP contribution < -0.4 is 11.1 Å². The molecule has 1 aromatic rings. The van der Waals surface area contributed by atoms with Gasteiger partial charge in [0.1, 0.15) is 5.82 Å². The van der Waals surface area contributed by atoms with Crippen LogP contribution in [0.4, 0.5) is 5.82 Å². The van der Waals surface area contributed by atoms with E-state index in [0.717, 1.165) is 0 Å². The highest BCUT2D eigenvalue weighted by molar-refractivity contribution is 5.94. The predicted octanol–water partition coefficient (Wildman–Crippen LogP) is 1.05. The Morgan fingerprint density at radius 1 is 1.64 bits per heavy atom.